The van der Waals surface area contributed by atoms with Crippen LogP contribution in [0.25, 0.3) is 0 Å². The molecule has 1 N–H and O–H groups in total. The van der Waals surface area contributed by atoms with Gasteiger partial charge in [0, 0.05) is 0 Å². The summed E-state index contributed by atoms with van der Waals surface area (Å²) in [5.41, 5.74) is 0. The molecule has 42 valence electrons. The van der Waals surface area contributed by atoms with Crippen LogP contribution < -0.4 is 0 Å². The van der Waals surface area contributed by atoms with Crippen LogP contribution in [0, 0.1) is 0 Å². The minimum atomic E-state index is -3.97. The van der Waals surface area contributed by atoms with Crippen molar-refractivity contribution in [1.29, 1.82) is 0 Å². The van der Waals surface area contributed by atoms with Gasteiger partial charge in [-0.2, -0.15) is 8.42 Å². The summed E-state index contributed by atoms with van der Waals surface area (Å²) in [6.45, 7) is 0. The van der Waals surface area contributed by atoms with E-state index in [2.05, 4.69) is 11.7 Å². The molecular formula is H4IKO3S2. The van der Waals surface area contributed by atoms with E-state index < -0.39 is 9.15 Å². The third-order valence-corrected chi connectivity index (χ3v) is 0. The summed E-state index contributed by atoms with van der Waals surface area (Å²) >= 11 is 2.65. The zero-order valence-electron chi connectivity index (χ0n) is 2.53. The molecule has 0 amide bonds. The van der Waals surface area contributed by atoms with E-state index in [1.807, 2.05) is 0 Å². The van der Waals surface area contributed by atoms with Gasteiger partial charge in [0.2, 0.25) is 0 Å². The van der Waals surface area contributed by atoms with Gasteiger partial charge < -0.3 is 0 Å². The first-order chi connectivity index (χ1) is 2.00. The summed E-state index contributed by atoms with van der Waals surface area (Å²) in [5.74, 6) is 0. The van der Waals surface area contributed by atoms with Crippen LogP contribution in [-0.4, -0.2) is 64.4 Å². The molecule has 0 fully saturated rings. The van der Waals surface area contributed by atoms with Gasteiger partial charge in [0.1, 0.15) is 0 Å². The van der Waals surface area contributed by atoms with Crippen molar-refractivity contribution < 1.29 is 13.0 Å². The van der Waals surface area contributed by atoms with E-state index >= 15 is 0 Å². The molecule has 7 heavy (non-hydrogen) atoms. The maximum atomic E-state index is 9.05. The number of rotatable bonds is 0. The average Bonchev–Trinajstić information content (AvgIpc) is 0.722. The molecule has 0 bridgehead atoms. The first kappa shape index (κ1) is 16.3. The molecule has 0 aromatic heterocycles. The molecule has 0 aliphatic carbocycles. The van der Waals surface area contributed by atoms with Crippen molar-refractivity contribution in [2.45, 2.75) is 0 Å². The molecule has 0 spiro atoms. The Hall–Kier alpha value is 2.63. The number of thiol groups is 1. The standard InChI is InChI=1S/HI.K.H2O3S2.H/c;;1-5(2,3)4;/h1H;;(H2,1,2,3,4);. The number of hydrogen-bond acceptors (Lipinski definition) is 2. The summed E-state index contributed by atoms with van der Waals surface area (Å²) in [4.78, 5) is 0. The monoisotopic (exact) mass is 282 g/mol. The van der Waals surface area contributed by atoms with Crippen molar-refractivity contribution in [3.63, 3.8) is 0 Å². The fourth-order valence-electron chi connectivity index (χ4n) is 0. The van der Waals surface area contributed by atoms with E-state index in [4.69, 9.17) is 13.0 Å². The fraction of sp³-hybridized carbons (Fsp3) is 0. The molecule has 0 aromatic carbocycles. The van der Waals surface area contributed by atoms with Crippen molar-refractivity contribution in [3.8, 4) is 0 Å². The molecule has 3 nitrogen and oxygen atoms in total. The van der Waals surface area contributed by atoms with Gasteiger partial charge in [-0.3, -0.25) is 4.55 Å². The van der Waals surface area contributed by atoms with E-state index in [1.165, 1.54) is 0 Å². The normalized spacial score (nSPS) is 8.29. The van der Waals surface area contributed by atoms with Crippen molar-refractivity contribution in [3.05, 3.63) is 0 Å². The SMILES string of the molecule is I.O=S(=O)(O)S.[KH]. The zero-order valence-corrected chi connectivity index (χ0v) is 6.57. The fourth-order valence-corrected chi connectivity index (χ4v) is 0. The molecule has 7 heteroatoms. The second-order valence-corrected chi connectivity index (χ2v) is 2.73. The first-order valence-corrected chi connectivity index (χ1v) is 3.19. The first-order valence-electron chi connectivity index (χ1n) is 0.698. The second-order valence-electron chi connectivity index (χ2n) is 0.448. The summed E-state index contributed by atoms with van der Waals surface area (Å²) in [6, 6.07) is 0. The third kappa shape index (κ3) is 54.9. The Labute approximate surface area is 107 Å². The molecule has 0 saturated carbocycles. The van der Waals surface area contributed by atoms with Crippen LogP contribution in [0.5, 0.6) is 0 Å². The van der Waals surface area contributed by atoms with Crippen LogP contribution in [-0.2, 0) is 9.15 Å². The van der Waals surface area contributed by atoms with E-state index in [0.29, 0.717) is 0 Å². The van der Waals surface area contributed by atoms with E-state index in [-0.39, 0.29) is 75.4 Å². The van der Waals surface area contributed by atoms with Crippen molar-refractivity contribution in [2.24, 2.45) is 0 Å². The summed E-state index contributed by atoms with van der Waals surface area (Å²) in [6.07, 6.45) is 0. The Morgan fingerprint density at radius 3 is 1.43 bits per heavy atom. The summed E-state index contributed by atoms with van der Waals surface area (Å²) in [5, 5.41) is 0. The Kier molecular flexibility index (Phi) is 15.7. The predicted molar refractivity (Wildman–Crippen MR) is 43.1 cm³/mol. The quantitative estimate of drug-likeness (QED) is 0.211. The second kappa shape index (κ2) is 6.74. The van der Waals surface area contributed by atoms with Crippen LogP contribution in [0.1, 0.15) is 0 Å². The van der Waals surface area contributed by atoms with Crippen LogP contribution in [0.2, 0.25) is 0 Å². The molecule has 0 aliphatic heterocycles. The Morgan fingerprint density at radius 1 is 1.43 bits per heavy atom. The number of halogens is 1. The molecule has 0 saturated heterocycles. The van der Waals surface area contributed by atoms with Gasteiger partial charge >= 0.3 is 60.5 Å². The van der Waals surface area contributed by atoms with Crippen LogP contribution in [0.15, 0.2) is 0 Å². The maximum absolute atomic E-state index is 9.05. The molecule has 0 unspecified atom stereocenters. The zero-order chi connectivity index (χ0) is 4.50. The molecule has 0 radical (unpaired) electrons. The number of hydrogen-bond donors (Lipinski definition) is 2. The van der Waals surface area contributed by atoms with Crippen LogP contribution >= 0.6 is 35.6 Å². The molecule has 0 aliphatic rings. The Morgan fingerprint density at radius 2 is 1.43 bits per heavy atom. The van der Waals surface area contributed by atoms with Gasteiger partial charge in [0.05, 0.1) is 0 Å². The van der Waals surface area contributed by atoms with Gasteiger partial charge in [0.15, 0.2) is 0 Å². The van der Waals surface area contributed by atoms with Crippen LogP contribution in [0.4, 0.5) is 0 Å². The van der Waals surface area contributed by atoms with Crippen molar-refractivity contribution in [2.75, 3.05) is 0 Å². The Balaban J connectivity index is -0.0000000800. The predicted octanol–water partition coefficient (Wildman–Crippen LogP) is -0.311. The van der Waals surface area contributed by atoms with E-state index in [9.17, 15) is 0 Å². The van der Waals surface area contributed by atoms with Crippen molar-refractivity contribution in [1.82, 2.24) is 0 Å². The van der Waals surface area contributed by atoms with Crippen LogP contribution in [0.3, 0.4) is 0 Å². The molecule has 0 heterocycles. The van der Waals surface area contributed by atoms with Gasteiger partial charge in [-0.15, -0.1) is 24.0 Å². The minimum absolute atomic E-state index is 0. The topological polar surface area (TPSA) is 54.4 Å². The third-order valence-electron chi connectivity index (χ3n) is 0. The van der Waals surface area contributed by atoms with Gasteiger partial charge in [-0.05, 0) is 11.7 Å². The van der Waals surface area contributed by atoms with Gasteiger partial charge in [-0.1, -0.05) is 0 Å². The Bertz CT molecular complexity index is 96.1. The molecule has 0 rings (SSSR count). The van der Waals surface area contributed by atoms with E-state index in [1.54, 1.807) is 0 Å². The van der Waals surface area contributed by atoms with Gasteiger partial charge in [0.25, 0.3) is 0 Å². The molecule has 0 atom stereocenters. The van der Waals surface area contributed by atoms with Gasteiger partial charge in [-0.25, -0.2) is 0 Å². The molecular weight excluding hydrogens is 278 g/mol. The summed E-state index contributed by atoms with van der Waals surface area (Å²) in [7, 11) is -3.97. The van der Waals surface area contributed by atoms with E-state index in [0.717, 1.165) is 0 Å². The summed E-state index contributed by atoms with van der Waals surface area (Å²) < 4.78 is 25.5. The molecule has 0 aromatic rings. The van der Waals surface area contributed by atoms with Crippen molar-refractivity contribution >= 4 is 96.2 Å². The average molecular weight is 282 g/mol.